The highest BCUT2D eigenvalue weighted by molar-refractivity contribution is 5.93. The molecule has 0 spiro atoms. The van der Waals surface area contributed by atoms with E-state index < -0.39 is 0 Å². The zero-order chi connectivity index (χ0) is 11.2. The minimum atomic E-state index is 0. The van der Waals surface area contributed by atoms with Crippen molar-refractivity contribution in [3.05, 3.63) is 30.1 Å². The Morgan fingerprint density at radius 3 is 2.65 bits per heavy atom. The number of halogens is 1. The van der Waals surface area contributed by atoms with Gasteiger partial charge in [0.15, 0.2) is 0 Å². The number of aromatic nitrogens is 1. The van der Waals surface area contributed by atoms with Gasteiger partial charge in [-0.3, -0.25) is 9.78 Å². The van der Waals surface area contributed by atoms with Crippen molar-refractivity contribution in [1.29, 1.82) is 0 Å². The zero-order valence-corrected chi connectivity index (χ0v) is 10.4. The molecule has 2 rings (SSSR count). The summed E-state index contributed by atoms with van der Waals surface area (Å²) in [5, 5.41) is 6.29. The van der Waals surface area contributed by atoms with E-state index in [4.69, 9.17) is 0 Å². The summed E-state index contributed by atoms with van der Waals surface area (Å²) >= 11 is 0. The van der Waals surface area contributed by atoms with Crippen LogP contribution < -0.4 is 23.0 Å². The van der Waals surface area contributed by atoms with Crippen LogP contribution in [0.5, 0.6) is 0 Å². The number of nitrogens with one attached hydrogen (secondary N) is 2. The monoisotopic (exact) mass is 254 g/mol. The molecule has 5 heteroatoms. The van der Waals surface area contributed by atoms with Gasteiger partial charge in [-0.1, -0.05) is 0 Å². The van der Waals surface area contributed by atoms with Crippen LogP contribution in [0.1, 0.15) is 23.2 Å². The summed E-state index contributed by atoms with van der Waals surface area (Å²) in [4.78, 5) is 15.6. The summed E-state index contributed by atoms with van der Waals surface area (Å²) in [5.74, 6) is 0.618. The van der Waals surface area contributed by atoms with Crippen LogP contribution in [-0.2, 0) is 0 Å². The van der Waals surface area contributed by atoms with Gasteiger partial charge in [0, 0.05) is 24.5 Å². The van der Waals surface area contributed by atoms with E-state index in [-0.39, 0.29) is 18.3 Å². The molecule has 0 atom stereocenters. The standard InChI is InChI=1S/C12H17N3O.ClH/c16-12(11-3-7-14-8-4-11)15-9-10-1-5-13-6-2-10;/h3-4,7-8,10,13H,1-2,5-6,9H2,(H,15,16);1H/p-1. The van der Waals surface area contributed by atoms with Gasteiger partial charge >= 0.3 is 0 Å². The average Bonchev–Trinajstić information content (AvgIpc) is 2.38. The number of piperidine rings is 1. The topological polar surface area (TPSA) is 54.0 Å². The van der Waals surface area contributed by atoms with Crippen LogP contribution in [0, 0.1) is 5.92 Å². The minimum absolute atomic E-state index is 0. The largest absolute Gasteiger partial charge is 1.00 e. The summed E-state index contributed by atoms with van der Waals surface area (Å²) in [5.41, 5.74) is 0.684. The van der Waals surface area contributed by atoms with Gasteiger partial charge in [0.25, 0.3) is 5.91 Å². The molecular formula is C12H17ClN3O-. The highest BCUT2D eigenvalue weighted by atomic mass is 35.5. The molecule has 1 aromatic heterocycles. The molecule has 17 heavy (non-hydrogen) atoms. The number of hydrogen-bond acceptors (Lipinski definition) is 3. The van der Waals surface area contributed by atoms with Gasteiger partial charge in [0.2, 0.25) is 0 Å². The number of carbonyl (C=O) groups is 1. The SMILES string of the molecule is O=C(NCC1CCNCC1)c1ccncc1.[Cl-]. The van der Waals surface area contributed by atoms with Gasteiger partial charge in [-0.25, -0.2) is 0 Å². The Balaban J connectivity index is 0.00000144. The summed E-state index contributed by atoms with van der Waals surface area (Å²) in [6.07, 6.45) is 5.58. The first kappa shape index (κ1) is 13.9. The highest BCUT2D eigenvalue weighted by Gasteiger charge is 2.14. The number of pyridine rings is 1. The molecule has 2 heterocycles. The van der Waals surface area contributed by atoms with Gasteiger partial charge in [-0.2, -0.15) is 0 Å². The fourth-order valence-corrected chi connectivity index (χ4v) is 1.93. The molecule has 94 valence electrons. The van der Waals surface area contributed by atoms with Crippen LogP contribution in [-0.4, -0.2) is 30.5 Å². The summed E-state index contributed by atoms with van der Waals surface area (Å²) in [6, 6.07) is 3.47. The third-order valence-corrected chi connectivity index (χ3v) is 2.95. The highest BCUT2D eigenvalue weighted by Crippen LogP contribution is 2.10. The second-order valence-corrected chi connectivity index (χ2v) is 4.14. The van der Waals surface area contributed by atoms with Gasteiger partial charge in [-0.15, -0.1) is 0 Å². The van der Waals surface area contributed by atoms with Crippen LogP contribution in [0.4, 0.5) is 0 Å². The minimum Gasteiger partial charge on any atom is -1.00 e. The molecule has 0 unspecified atom stereocenters. The first-order valence-electron chi connectivity index (χ1n) is 5.75. The fourth-order valence-electron chi connectivity index (χ4n) is 1.93. The molecule has 1 fully saturated rings. The number of carbonyl (C=O) groups excluding carboxylic acids is 1. The number of hydrogen-bond donors (Lipinski definition) is 2. The Labute approximate surface area is 108 Å². The average molecular weight is 255 g/mol. The van der Waals surface area contributed by atoms with Crippen molar-refractivity contribution in [2.75, 3.05) is 19.6 Å². The predicted octanol–water partition coefficient (Wildman–Crippen LogP) is -2.18. The molecule has 1 amide bonds. The second-order valence-electron chi connectivity index (χ2n) is 4.14. The van der Waals surface area contributed by atoms with Crippen LogP contribution >= 0.6 is 0 Å². The van der Waals surface area contributed by atoms with Crippen molar-refractivity contribution >= 4 is 5.91 Å². The van der Waals surface area contributed by atoms with E-state index in [0.717, 1.165) is 32.5 Å². The number of amides is 1. The molecular weight excluding hydrogens is 238 g/mol. The lowest BCUT2D eigenvalue weighted by atomic mass is 9.98. The van der Waals surface area contributed by atoms with Crippen molar-refractivity contribution in [3.63, 3.8) is 0 Å². The van der Waals surface area contributed by atoms with Crippen LogP contribution in [0.2, 0.25) is 0 Å². The van der Waals surface area contributed by atoms with Crippen molar-refractivity contribution in [2.24, 2.45) is 5.92 Å². The number of nitrogens with zero attached hydrogens (tertiary/aromatic N) is 1. The first-order chi connectivity index (χ1) is 7.86. The molecule has 1 aliphatic heterocycles. The van der Waals surface area contributed by atoms with Crippen molar-refractivity contribution in [1.82, 2.24) is 15.6 Å². The molecule has 0 aliphatic carbocycles. The lowest BCUT2D eigenvalue weighted by Gasteiger charge is -2.22. The van der Waals surface area contributed by atoms with Gasteiger partial charge in [-0.05, 0) is 44.0 Å². The molecule has 2 N–H and O–H groups in total. The lowest BCUT2D eigenvalue weighted by Crippen LogP contribution is -3.00. The second kappa shape index (κ2) is 7.25. The van der Waals surface area contributed by atoms with Crippen LogP contribution in [0.3, 0.4) is 0 Å². The number of rotatable bonds is 3. The summed E-state index contributed by atoms with van der Waals surface area (Å²) in [7, 11) is 0. The molecule has 1 aliphatic rings. The Morgan fingerprint density at radius 2 is 2.00 bits per heavy atom. The van der Waals surface area contributed by atoms with Crippen LogP contribution in [0.15, 0.2) is 24.5 Å². The first-order valence-corrected chi connectivity index (χ1v) is 5.75. The van der Waals surface area contributed by atoms with E-state index in [1.165, 1.54) is 0 Å². The maximum atomic E-state index is 11.7. The maximum Gasteiger partial charge on any atom is 0.251 e. The van der Waals surface area contributed by atoms with E-state index in [0.29, 0.717) is 11.5 Å². The fraction of sp³-hybridized carbons (Fsp3) is 0.500. The molecule has 1 aromatic rings. The molecule has 0 aromatic carbocycles. The predicted molar refractivity (Wildman–Crippen MR) is 62.2 cm³/mol. The lowest BCUT2D eigenvalue weighted by molar-refractivity contribution is -0.0000117. The quantitative estimate of drug-likeness (QED) is 0.645. The van der Waals surface area contributed by atoms with Crippen molar-refractivity contribution in [2.45, 2.75) is 12.8 Å². The maximum absolute atomic E-state index is 11.7. The zero-order valence-electron chi connectivity index (χ0n) is 9.66. The molecule has 4 nitrogen and oxygen atoms in total. The molecule has 0 bridgehead atoms. The van der Waals surface area contributed by atoms with Crippen LogP contribution in [0.25, 0.3) is 0 Å². The van der Waals surface area contributed by atoms with Crippen molar-refractivity contribution in [3.8, 4) is 0 Å². The van der Waals surface area contributed by atoms with Gasteiger partial charge in [0.1, 0.15) is 0 Å². The van der Waals surface area contributed by atoms with Crippen molar-refractivity contribution < 1.29 is 17.2 Å². The smallest absolute Gasteiger partial charge is 0.251 e. The molecule has 0 saturated carbocycles. The Kier molecular flexibility index (Phi) is 5.94. The third-order valence-electron chi connectivity index (χ3n) is 2.95. The molecule has 0 radical (unpaired) electrons. The van der Waals surface area contributed by atoms with E-state index in [1.54, 1.807) is 24.5 Å². The van der Waals surface area contributed by atoms with Gasteiger partial charge < -0.3 is 23.0 Å². The Morgan fingerprint density at radius 1 is 1.35 bits per heavy atom. The van der Waals surface area contributed by atoms with E-state index in [1.807, 2.05) is 0 Å². The summed E-state index contributed by atoms with van der Waals surface area (Å²) < 4.78 is 0. The Hall–Kier alpha value is -1.13. The van der Waals surface area contributed by atoms with E-state index >= 15 is 0 Å². The van der Waals surface area contributed by atoms with E-state index in [9.17, 15) is 4.79 Å². The van der Waals surface area contributed by atoms with E-state index in [2.05, 4.69) is 15.6 Å². The Bertz CT molecular complexity index is 339. The van der Waals surface area contributed by atoms with Gasteiger partial charge in [0.05, 0.1) is 0 Å². The molecule has 1 saturated heterocycles. The normalized spacial score (nSPS) is 16.0. The summed E-state index contributed by atoms with van der Waals surface area (Å²) in [6.45, 7) is 2.91. The third kappa shape index (κ3) is 4.32.